The Labute approximate surface area is 132 Å². The molecule has 0 saturated heterocycles. The van der Waals surface area contributed by atoms with Crippen LogP contribution in [0.3, 0.4) is 0 Å². The first-order valence-electron chi connectivity index (χ1n) is 7.15. The van der Waals surface area contributed by atoms with Gasteiger partial charge in [0.25, 0.3) is 0 Å². The number of hydrogen-bond acceptors (Lipinski definition) is 4. The summed E-state index contributed by atoms with van der Waals surface area (Å²) in [6, 6.07) is 6.88. The van der Waals surface area contributed by atoms with Gasteiger partial charge in [0.1, 0.15) is 5.75 Å². The number of nitrogens with one attached hydrogen (secondary N) is 1. The summed E-state index contributed by atoms with van der Waals surface area (Å²) in [4.78, 5) is 11.6. The van der Waals surface area contributed by atoms with Gasteiger partial charge in [0, 0.05) is 19.0 Å². The maximum atomic E-state index is 11.9. The average Bonchev–Trinajstić information content (AvgIpc) is 2.42. The summed E-state index contributed by atoms with van der Waals surface area (Å²) in [6.07, 6.45) is 1.91. The van der Waals surface area contributed by atoms with Crippen LogP contribution in [0.4, 0.5) is 5.69 Å². The van der Waals surface area contributed by atoms with Gasteiger partial charge in [-0.05, 0) is 44.5 Å². The summed E-state index contributed by atoms with van der Waals surface area (Å²) < 4.78 is 30.2. The largest absolute Gasteiger partial charge is 0.497 e. The van der Waals surface area contributed by atoms with Crippen LogP contribution in [0.25, 0.3) is 0 Å². The number of hydrogen-bond donors (Lipinski definition) is 1. The number of rotatable bonds is 8. The maximum absolute atomic E-state index is 11.9. The van der Waals surface area contributed by atoms with Crippen molar-refractivity contribution >= 4 is 21.6 Å². The van der Waals surface area contributed by atoms with E-state index in [4.69, 9.17) is 4.74 Å². The SMILES string of the molecule is COc1ccc(N(CCCC(=O)NC(C)C)S(C)(=O)=O)cc1. The minimum Gasteiger partial charge on any atom is -0.497 e. The number of nitrogens with zero attached hydrogens (tertiary/aromatic N) is 1. The van der Waals surface area contributed by atoms with E-state index in [9.17, 15) is 13.2 Å². The van der Waals surface area contributed by atoms with Crippen molar-refractivity contribution in [3.05, 3.63) is 24.3 Å². The van der Waals surface area contributed by atoms with Crippen LogP contribution in [0, 0.1) is 0 Å². The van der Waals surface area contributed by atoms with E-state index in [1.165, 1.54) is 4.31 Å². The molecule has 1 N–H and O–H groups in total. The Balaban J connectivity index is 2.72. The van der Waals surface area contributed by atoms with Crippen molar-refractivity contribution in [2.45, 2.75) is 32.7 Å². The summed E-state index contributed by atoms with van der Waals surface area (Å²) in [7, 11) is -1.85. The highest BCUT2D eigenvalue weighted by Crippen LogP contribution is 2.21. The predicted molar refractivity (Wildman–Crippen MR) is 87.7 cm³/mol. The molecule has 1 aromatic carbocycles. The van der Waals surface area contributed by atoms with Crippen LogP contribution in [0.2, 0.25) is 0 Å². The van der Waals surface area contributed by atoms with E-state index in [1.54, 1.807) is 31.4 Å². The first kappa shape index (κ1) is 18.3. The molecule has 0 heterocycles. The van der Waals surface area contributed by atoms with Gasteiger partial charge in [-0.3, -0.25) is 9.10 Å². The first-order valence-corrected chi connectivity index (χ1v) is 9.00. The molecule has 0 spiro atoms. The summed E-state index contributed by atoms with van der Waals surface area (Å²) in [5, 5.41) is 2.79. The Bertz CT molecular complexity index is 582. The van der Waals surface area contributed by atoms with Crippen molar-refractivity contribution in [2.75, 3.05) is 24.2 Å². The molecule has 1 amide bonds. The number of sulfonamides is 1. The third kappa shape index (κ3) is 5.93. The van der Waals surface area contributed by atoms with Gasteiger partial charge < -0.3 is 10.1 Å². The van der Waals surface area contributed by atoms with Gasteiger partial charge in [-0.2, -0.15) is 0 Å². The van der Waals surface area contributed by atoms with Gasteiger partial charge in [-0.25, -0.2) is 8.42 Å². The fourth-order valence-electron chi connectivity index (χ4n) is 2.01. The Morgan fingerprint density at radius 1 is 1.27 bits per heavy atom. The zero-order valence-electron chi connectivity index (χ0n) is 13.5. The van der Waals surface area contributed by atoms with Crippen LogP contribution in [-0.4, -0.2) is 40.3 Å². The Morgan fingerprint density at radius 3 is 2.32 bits per heavy atom. The number of anilines is 1. The van der Waals surface area contributed by atoms with Crippen molar-refractivity contribution in [2.24, 2.45) is 0 Å². The molecule has 1 aromatic rings. The molecule has 124 valence electrons. The molecule has 6 nitrogen and oxygen atoms in total. The molecular weight excluding hydrogens is 304 g/mol. The van der Waals surface area contributed by atoms with Crippen LogP contribution < -0.4 is 14.4 Å². The lowest BCUT2D eigenvalue weighted by atomic mass is 10.2. The highest BCUT2D eigenvalue weighted by Gasteiger charge is 2.17. The molecule has 0 saturated carbocycles. The summed E-state index contributed by atoms with van der Waals surface area (Å²) in [6.45, 7) is 4.03. The van der Waals surface area contributed by atoms with E-state index in [0.717, 1.165) is 6.26 Å². The molecule has 0 bridgehead atoms. The van der Waals surface area contributed by atoms with E-state index >= 15 is 0 Å². The first-order chi connectivity index (χ1) is 10.2. The molecule has 0 radical (unpaired) electrons. The molecule has 0 aliphatic carbocycles. The third-order valence-corrected chi connectivity index (χ3v) is 4.17. The number of benzene rings is 1. The molecule has 0 fully saturated rings. The molecule has 1 rings (SSSR count). The Hall–Kier alpha value is -1.76. The van der Waals surface area contributed by atoms with E-state index in [2.05, 4.69) is 5.32 Å². The average molecular weight is 328 g/mol. The quantitative estimate of drug-likeness (QED) is 0.789. The predicted octanol–water partition coefficient (Wildman–Crippen LogP) is 1.77. The fourth-order valence-corrected chi connectivity index (χ4v) is 2.98. The van der Waals surface area contributed by atoms with Gasteiger partial charge in [0.05, 0.1) is 19.1 Å². The van der Waals surface area contributed by atoms with Crippen LogP contribution >= 0.6 is 0 Å². The standard InChI is InChI=1S/C15H24N2O4S/c1-12(2)16-15(18)6-5-11-17(22(4,19)20)13-7-9-14(21-3)10-8-13/h7-10,12H,5-6,11H2,1-4H3,(H,16,18). The zero-order chi connectivity index (χ0) is 16.8. The molecule has 0 aromatic heterocycles. The van der Waals surface area contributed by atoms with E-state index < -0.39 is 10.0 Å². The molecular formula is C15H24N2O4S. The van der Waals surface area contributed by atoms with Crippen LogP contribution in [0.1, 0.15) is 26.7 Å². The van der Waals surface area contributed by atoms with Gasteiger partial charge in [0.15, 0.2) is 0 Å². The smallest absolute Gasteiger partial charge is 0.232 e. The van der Waals surface area contributed by atoms with Crippen molar-refractivity contribution in [1.82, 2.24) is 5.32 Å². The van der Waals surface area contributed by atoms with Gasteiger partial charge >= 0.3 is 0 Å². The molecule has 0 unspecified atom stereocenters. The van der Waals surface area contributed by atoms with Crippen LogP contribution in [-0.2, 0) is 14.8 Å². The fraction of sp³-hybridized carbons (Fsp3) is 0.533. The highest BCUT2D eigenvalue weighted by atomic mass is 32.2. The lowest BCUT2D eigenvalue weighted by Crippen LogP contribution is -2.33. The molecule has 0 atom stereocenters. The van der Waals surface area contributed by atoms with Gasteiger partial charge in [-0.15, -0.1) is 0 Å². The minimum absolute atomic E-state index is 0.0711. The third-order valence-electron chi connectivity index (χ3n) is 2.98. The van der Waals surface area contributed by atoms with Crippen molar-refractivity contribution in [1.29, 1.82) is 0 Å². The maximum Gasteiger partial charge on any atom is 0.232 e. The second-order valence-electron chi connectivity index (χ2n) is 5.36. The molecule has 0 aliphatic heterocycles. The topological polar surface area (TPSA) is 75.7 Å². The van der Waals surface area contributed by atoms with Gasteiger partial charge in [-0.1, -0.05) is 0 Å². The normalized spacial score (nSPS) is 11.3. The molecule has 7 heteroatoms. The van der Waals surface area contributed by atoms with Crippen LogP contribution in [0.5, 0.6) is 5.75 Å². The number of carbonyl (C=O) groups is 1. The van der Waals surface area contributed by atoms with Gasteiger partial charge in [0.2, 0.25) is 15.9 Å². The summed E-state index contributed by atoms with van der Waals surface area (Å²) >= 11 is 0. The molecule has 22 heavy (non-hydrogen) atoms. The number of methoxy groups -OCH3 is 1. The minimum atomic E-state index is -3.40. The monoisotopic (exact) mass is 328 g/mol. The zero-order valence-corrected chi connectivity index (χ0v) is 14.3. The van der Waals surface area contributed by atoms with E-state index in [1.807, 2.05) is 13.8 Å². The second-order valence-corrected chi connectivity index (χ2v) is 7.27. The molecule has 0 aliphatic rings. The van der Waals surface area contributed by atoms with E-state index in [0.29, 0.717) is 24.3 Å². The van der Waals surface area contributed by atoms with Crippen molar-refractivity contribution in [3.63, 3.8) is 0 Å². The van der Waals surface area contributed by atoms with Crippen molar-refractivity contribution < 1.29 is 17.9 Å². The van der Waals surface area contributed by atoms with Crippen LogP contribution in [0.15, 0.2) is 24.3 Å². The lowest BCUT2D eigenvalue weighted by Gasteiger charge is -2.22. The number of ether oxygens (including phenoxy) is 1. The van der Waals surface area contributed by atoms with Crippen molar-refractivity contribution in [3.8, 4) is 5.75 Å². The Kier molecular flexibility index (Phi) is 6.67. The lowest BCUT2D eigenvalue weighted by molar-refractivity contribution is -0.121. The number of carbonyl (C=O) groups excluding carboxylic acids is 1. The highest BCUT2D eigenvalue weighted by molar-refractivity contribution is 7.92. The summed E-state index contributed by atoms with van der Waals surface area (Å²) in [5.74, 6) is 0.590. The number of amides is 1. The second kappa shape index (κ2) is 8.03. The Morgan fingerprint density at radius 2 is 1.86 bits per heavy atom. The summed E-state index contributed by atoms with van der Waals surface area (Å²) in [5.41, 5.74) is 0.563. The van der Waals surface area contributed by atoms with E-state index in [-0.39, 0.29) is 18.5 Å².